The number of carbonyl (C=O) groups is 1. The molecule has 1 rings (SSSR count). The van der Waals surface area contributed by atoms with Gasteiger partial charge < -0.3 is 10.6 Å². The van der Waals surface area contributed by atoms with Crippen LogP contribution < -0.4 is 10.6 Å². The van der Waals surface area contributed by atoms with E-state index in [9.17, 15) is 13.6 Å². The predicted molar refractivity (Wildman–Crippen MR) is 70.6 cm³/mol. The fourth-order valence-electron chi connectivity index (χ4n) is 1.67. The molecule has 1 aromatic carbocycles. The Hall–Kier alpha value is -1.49. The summed E-state index contributed by atoms with van der Waals surface area (Å²) >= 11 is 0. The first-order chi connectivity index (χ1) is 8.95. The molecule has 0 spiro atoms. The molecule has 0 aliphatic rings. The van der Waals surface area contributed by atoms with Crippen LogP contribution in [0.4, 0.5) is 8.78 Å². The lowest BCUT2D eigenvalue weighted by molar-refractivity contribution is -0.125. The molecule has 106 valence electrons. The van der Waals surface area contributed by atoms with Crippen molar-refractivity contribution in [1.29, 1.82) is 0 Å². The third-order valence-electron chi connectivity index (χ3n) is 2.95. The molecule has 0 saturated heterocycles. The van der Waals surface area contributed by atoms with Gasteiger partial charge in [0.1, 0.15) is 0 Å². The third kappa shape index (κ3) is 4.59. The van der Waals surface area contributed by atoms with Crippen LogP contribution in [0.5, 0.6) is 0 Å². The van der Waals surface area contributed by atoms with Gasteiger partial charge in [0.2, 0.25) is 5.91 Å². The van der Waals surface area contributed by atoms with Gasteiger partial charge in [0, 0.05) is 12.5 Å². The number of nitrogens with one attached hydrogen (secondary N) is 2. The summed E-state index contributed by atoms with van der Waals surface area (Å²) in [6, 6.07) is 3.29. The van der Waals surface area contributed by atoms with Crippen LogP contribution in [0.3, 0.4) is 0 Å². The minimum absolute atomic E-state index is 0.113. The molecule has 0 radical (unpaired) electrons. The Morgan fingerprint density at radius 3 is 2.53 bits per heavy atom. The molecule has 2 unspecified atom stereocenters. The van der Waals surface area contributed by atoms with Crippen LogP contribution >= 0.6 is 0 Å². The van der Waals surface area contributed by atoms with Gasteiger partial charge in [-0.1, -0.05) is 19.9 Å². The molecule has 5 heteroatoms. The van der Waals surface area contributed by atoms with Gasteiger partial charge in [0.15, 0.2) is 11.6 Å². The number of rotatable bonds is 6. The van der Waals surface area contributed by atoms with E-state index < -0.39 is 11.6 Å². The first kappa shape index (κ1) is 15.6. The highest BCUT2D eigenvalue weighted by atomic mass is 19.2. The van der Waals surface area contributed by atoms with E-state index in [4.69, 9.17) is 0 Å². The van der Waals surface area contributed by atoms with Crippen LogP contribution in [0, 0.1) is 17.6 Å². The van der Waals surface area contributed by atoms with E-state index in [-0.39, 0.29) is 17.9 Å². The van der Waals surface area contributed by atoms with Gasteiger partial charge in [0.05, 0.1) is 6.04 Å². The van der Waals surface area contributed by atoms with Crippen LogP contribution in [0.2, 0.25) is 0 Å². The third-order valence-corrected chi connectivity index (χ3v) is 2.95. The molecule has 3 nitrogen and oxygen atoms in total. The van der Waals surface area contributed by atoms with E-state index in [0.717, 1.165) is 18.7 Å². The van der Waals surface area contributed by atoms with Crippen molar-refractivity contribution in [1.82, 2.24) is 10.6 Å². The molecule has 1 aromatic rings. The standard InChI is InChI=1S/C14H20F2N2O/c1-4-17-8-9(2)14(19)18-10(3)11-5-6-12(15)13(16)7-11/h5-7,9-10,17H,4,8H2,1-3H3,(H,18,19). The Balaban J connectivity index is 2.60. The van der Waals surface area contributed by atoms with Crippen molar-refractivity contribution in [2.24, 2.45) is 5.92 Å². The second kappa shape index (κ2) is 7.19. The van der Waals surface area contributed by atoms with Crippen LogP contribution in [0.25, 0.3) is 0 Å². The summed E-state index contributed by atoms with van der Waals surface area (Å²) in [5.41, 5.74) is 0.544. The van der Waals surface area contributed by atoms with Crippen molar-refractivity contribution in [2.45, 2.75) is 26.8 Å². The topological polar surface area (TPSA) is 41.1 Å². The van der Waals surface area contributed by atoms with E-state index in [1.165, 1.54) is 6.07 Å². The molecular weight excluding hydrogens is 250 g/mol. The summed E-state index contributed by atoms with van der Waals surface area (Å²) in [7, 11) is 0. The van der Waals surface area contributed by atoms with E-state index >= 15 is 0 Å². The summed E-state index contributed by atoms with van der Waals surface area (Å²) in [5, 5.41) is 5.87. The predicted octanol–water partition coefficient (Wildman–Crippen LogP) is 2.39. The molecule has 0 fully saturated rings. The van der Waals surface area contributed by atoms with E-state index in [1.54, 1.807) is 6.92 Å². The number of amides is 1. The molecule has 0 saturated carbocycles. The molecule has 19 heavy (non-hydrogen) atoms. The van der Waals surface area contributed by atoms with Crippen molar-refractivity contribution < 1.29 is 13.6 Å². The van der Waals surface area contributed by atoms with Crippen molar-refractivity contribution in [3.05, 3.63) is 35.4 Å². The zero-order chi connectivity index (χ0) is 14.4. The lowest BCUT2D eigenvalue weighted by atomic mass is 10.1. The van der Waals surface area contributed by atoms with Gasteiger partial charge in [-0.15, -0.1) is 0 Å². The molecule has 0 heterocycles. The SMILES string of the molecule is CCNCC(C)C(=O)NC(C)c1ccc(F)c(F)c1. The first-order valence-corrected chi connectivity index (χ1v) is 6.41. The van der Waals surface area contributed by atoms with E-state index in [2.05, 4.69) is 10.6 Å². The van der Waals surface area contributed by atoms with Gasteiger partial charge >= 0.3 is 0 Å². The fourth-order valence-corrected chi connectivity index (χ4v) is 1.67. The highest BCUT2D eigenvalue weighted by Crippen LogP contribution is 2.16. The van der Waals surface area contributed by atoms with Gasteiger partial charge in [-0.25, -0.2) is 8.78 Å². The number of hydrogen-bond donors (Lipinski definition) is 2. The molecule has 2 N–H and O–H groups in total. The van der Waals surface area contributed by atoms with Crippen LogP contribution in [0.15, 0.2) is 18.2 Å². The Kier molecular flexibility index (Phi) is 5.89. The maximum absolute atomic E-state index is 13.1. The first-order valence-electron chi connectivity index (χ1n) is 6.41. The minimum atomic E-state index is -0.903. The van der Waals surface area contributed by atoms with Gasteiger partial charge in [0.25, 0.3) is 0 Å². The summed E-state index contributed by atoms with van der Waals surface area (Å²) in [6.45, 7) is 6.91. The average molecular weight is 270 g/mol. The summed E-state index contributed by atoms with van der Waals surface area (Å²) in [5.74, 6) is -2.08. The Morgan fingerprint density at radius 1 is 1.26 bits per heavy atom. The number of halogens is 2. The molecular formula is C14H20F2N2O. The van der Waals surface area contributed by atoms with Crippen molar-refractivity contribution in [2.75, 3.05) is 13.1 Å². The zero-order valence-electron chi connectivity index (χ0n) is 11.5. The molecule has 0 bridgehead atoms. The molecule has 1 amide bonds. The minimum Gasteiger partial charge on any atom is -0.349 e. The van der Waals surface area contributed by atoms with Crippen molar-refractivity contribution in [3.8, 4) is 0 Å². The van der Waals surface area contributed by atoms with Crippen molar-refractivity contribution >= 4 is 5.91 Å². The van der Waals surface area contributed by atoms with E-state index in [0.29, 0.717) is 12.1 Å². The molecule has 0 aliphatic heterocycles. The normalized spacial score (nSPS) is 13.9. The second-order valence-electron chi connectivity index (χ2n) is 4.61. The number of hydrogen-bond acceptors (Lipinski definition) is 2. The number of carbonyl (C=O) groups excluding carboxylic acids is 1. The quantitative estimate of drug-likeness (QED) is 0.833. The fraction of sp³-hybridized carbons (Fsp3) is 0.500. The lowest BCUT2D eigenvalue weighted by Gasteiger charge is -2.18. The Labute approximate surface area is 112 Å². The molecule has 2 atom stereocenters. The number of benzene rings is 1. The van der Waals surface area contributed by atoms with E-state index in [1.807, 2.05) is 13.8 Å². The summed E-state index contributed by atoms with van der Waals surface area (Å²) in [4.78, 5) is 11.9. The maximum Gasteiger partial charge on any atom is 0.224 e. The summed E-state index contributed by atoms with van der Waals surface area (Å²) in [6.07, 6.45) is 0. The lowest BCUT2D eigenvalue weighted by Crippen LogP contribution is -2.36. The smallest absolute Gasteiger partial charge is 0.224 e. The van der Waals surface area contributed by atoms with Crippen LogP contribution in [0.1, 0.15) is 32.4 Å². The van der Waals surface area contributed by atoms with Crippen LogP contribution in [-0.2, 0) is 4.79 Å². The second-order valence-corrected chi connectivity index (χ2v) is 4.61. The monoisotopic (exact) mass is 270 g/mol. The molecule has 0 aromatic heterocycles. The maximum atomic E-state index is 13.1. The average Bonchev–Trinajstić information content (AvgIpc) is 2.38. The zero-order valence-corrected chi connectivity index (χ0v) is 11.5. The van der Waals surface area contributed by atoms with Gasteiger partial charge in [-0.2, -0.15) is 0 Å². The Morgan fingerprint density at radius 2 is 1.95 bits per heavy atom. The molecule has 0 aliphatic carbocycles. The summed E-state index contributed by atoms with van der Waals surface area (Å²) < 4.78 is 25.9. The highest BCUT2D eigenvalue weighted by molar-refractivity contribution is 5.78. The van der Waals surface area contributed by atoms with Crippen LogP contribution in [-0.4, -0.2) is 19.0 Å². The Bertz CT molecular complexity index is 437. The largest absolute Gasteiger partial charge is 0.349 e. The van der Waals surface area contributed by atoms with Crippen molar-refractivity contribution in [3.63, 3.8) is 0 Å². The van der Waals surface area contributed by atoms with Gasteiger partial charge in [-0.3, -0.25) is 4.79 Å². The highest BCUT2D eigenvalue weighted by Gasteiger charge is 2.16. The van der Waals surface area contributed by atoms with Gasteiger partial charge in [-0.05, 0) is 31.2 Å².